The van der Waals surface area contributed by atoms with Crippen molar-refractivity contribution in [3.8, 4) is 0 Å². The fourth-order valence-corrected chi connectivity index (χ4v) is 2.35. The Morgan fingerprint density at radius 1 is 1.22 bits per heavy atom. The van der Waals surface area contributed by atoms with Crippen LogP contribution in [0.4, 0.5) is 5.69 Å². The summed E-state index contributed by atoms with van der Waals surface area (Å²) in [5.41, 5.74) is 8.92. The molecule has 0 spiro atoms. The highest BCUT2D eigenvalue weighted by atomic mass is 15.3. The van der Waals surface area contributed by atoms with Gasteiger partial charge in [0.25, 0.3) is 0 Å². The average Bonchev–Trinajstić information content (AvgIpc) is 2.90. The molecule has 4 nitrogen and oxygen atoms in total. The van der Waals surface area contributed by atoms with Crippen LogP contribution in [0.5, 0.6) is 0 Å². The number of nitrogens with zero attached hydrogens (tertiary/aromatic N) is 3. The molecule has 2 aromatic heterocycles. The zero-order chi connectivity index (χ0) is 12.5. The highest BCUT2D eigenvalue weighted by Crippen LogP contribution is 2.19. The van der Waals surface area contributed by atoms with E-state index in [1.807, 2.05) is 10.9 Å². The number of para-hydroxylation sites is 1. The fourth-order valence-electron chi connectivity index (χ4n) is 2.35. The summed E-state index contributed by atoms with van der Waals surface area (Å²) in [6, 6.07) is 10.7. The van der Waals surface area contributed by atoms with Crippen LogP contribution < -0.4 is 5.73 Å². The van der Waals surface area contributed by atoms with Crippen LogP contribution in [0.15, 0.2) is 42.7 Å². The summed E-state index contributed by atoms with van der Waals surface area (Å²) < 4.78 is 4.19. The molecular weight excluding hydrogens is 224 g/mol. The Bertz CT molecular complexity index is 678. The van der Waals surface area contributed by atoms with E-state index in [1.54, 1.807) is 6.20 Å². The topological polar surface area (TPSA) is 48.8 Å². The van der Waals surface area contributed by atoms with Gasteiger partial charge in [-0.05, 0) is 24.4 Å². The number of nitrogen functional groups attached to an aromatic ring is 1. The molecule has 0 radical (unpaired) electrons. The zero-order valence-electron chi connectivity index (χ0n) is 10.4. The normalized spacial score (nSPS) is 11.2. The molecule has 92 valence electrons. The molecule has 2 N–H and O–H groups in total. The minimum atomic E-state index is 0.712. The summed E-state index contributed by atoms with van der Waals surface area (Å²) in [4.78, 5) is 0. The molecule has 0 amide bonds. The Morgan fingerprint density at radius 2 is 2.06 bits per heavy atom. The lowest BCUT2D eigenvalue weighted by molar-refractivity contribution is 0.537. The summed E-state index contributed by atoms with van der Waals surface area (Å²) >= 11 is 0. The second-order valence-corrected chi connectivity index (χ2v) is 4.53. The summed E-state index contributed by atoms with van der Waals surface area (Å²) in [7, 11) is 0. The number of hydrogen-bond acceptors (Lipinski definition) is 2. The number of hydrogen-bond donors (Lipinski definition) is 1. The van der Waals surface area contributed by atoms with E-state index in [9.17, 15) is 0 Å². The molecule has 0 atom stereocenters. The number of aryl methyl sites for hydroxylation is 3. The van der Waals surface area contributed by atoms with Crippen LogP contribution in [0.2, 0.25) is 0 Å². The first-order valence-corrected chi connectivity index (χ1v) is 6.07. The van der Waals surface area contributed by atoms with Crippen LogP contribution in [-0.2, 0) is 13.1 Å². The molecule has 0 fully saturated rings. The zero-order valence-corrected chi connectivity index (χ0v) is 10.4. The number of aromatic nitrogens is 3. The summed E-state index contributed by atoms with van der Waals surface area (Å²) in [6.45, 7) is 3.87. The Labute approximate surface area is 106 Å². The van der Waals surface area contributed by atoms with Gasteiger partial charge >= 0.3 is 0 Å². The van der Waals surface area contributed by atoms with Crippen LogP contribution in [0.1, 0.15) is 5.69 Å². The van der Waals surface area contributed by atoms with E-state index in [0.717, 1.165) is 13.1 Å². The molecule has 3 aromatic rings. The van der Waals surface area contributed by atoms with Crippen LogP contribution >= 0.6 is 0 Å². The Kier molecular flexibility index (Phi) is 2.55. The van der Waals surface area contributed by atoms with Crippen molar-refractivity contribution in [1.29, 1.82) is 0 Å². The molecule has 4 heteroatoms. The number of anilines is 1. The van der Waals surface area contributed by atoms with Crippen LogP contribution in [0.25, 0.3) is 10.9 Å². The number of nitrogens with two attached hydrogens (primary N) is 1. The van der Waals surface area contributed by atoms with Crippen molar-refractivity contribution < 1.29 is 0 Å². The molecule has 0 unspecified atom stereocenters. The van der Waals surface area contributed by atoms with Crippen molar-refractivity contribution in [3.05, 3.63) is 48.4 Å². The first kappa shape index (κ1) is 10.9. The van der Waals surface area contributed by atoms with Gasteiger partial charge in [-0.15, -0.1) is 0 Å². The fraction of sp³-hybridized carbons (Fsp3) is 0.214. The minimum absolute atomic E-state index is 0.712. The third-order valence-electron chi connectivity index (χ3n) is 3.22. The van der Waals surface area contributed by atoms with Gasteiger partial charge in [-0.2, -0.15) is 5.10 Å². The van der Waals surface area contributed by atoms with E-state index in [-0.39, 0.29) is 0 Å². The quantitative estimate of drug-likeness (QED) is 0.764. The SMILES string of the molecule is Cc1cc2ccccc2n1CCn1cc(N)cn1. The first-order valence-electron chi connectivity index (χ1n) is 6.07. The maximum absolute atomic E-state index is 5.66. The summed E-state index contributed by atoms with van der Waals surface area (Å²) in [5, 5.41) is 5.49. The van der Waals surface area contributed by atoms with E-state index < -0.39 is 0 Å². The van der Waals surface area contributed by atoms with Crippen LogP contribution in [0, 0.1) is 6.92 Å². The van der Waals surface area contributed by atoms with Crippen molar-refractivity contribution >= 4 is 16.6 Å². The van der Waals surface area contributed by atoms with Crippen molar-refractivity contribution in [2.24, 2.45) is 0 Å². The van der Waals surface area contributed by atoms with Gasteiger partial charge in [-0.1, -0.05) is 18.2 Å². The highest BCUT2D eigenvalue weighted by molar-refractivity contribution is 5.81. The monoisotopic (exact) mass is 240 g/mol. The van der Waals surface area contributed by atoms with Gasteiger partial charge in [0.2, 0.25) is 0 Å². The lowest BCUT2D eigenvalue weighted by atomic mass is 10.2. The average molecular weight is 240 g/mol. The Balaban J connectivity index is 1.88. The van der Waals surface area contributed by atoms with Crippen molar-refractivity contribution in [1.82, 2.24) is 14.3 Å². The van der Waals surface area contributed by atoms with Gasteiger partial charge in [0.05, 0.1) is 18.4 Å². The van der Waals surface area contributed by atoms with Gasteiger partial charge in [0.1, 0.15) is 0 Å². The Hall–Kier alpha value is -2.23. The van der Waals surface area contributed by atoms with Gasteiger partial charge in [0.15, 0.2) is 0 Å². The molecule has 0 saturated heterocycles. The van der Waals surface area contributed by atoms with E-state index in [2.05, 4.69) is 46.9 Å². The summed E-state index contributed by atoms with van der Waals surface area (Å²) in [5.74, 6) is 0. The second-order valence-electron chi connectivity index (χ2n) is 4.53. The Morgan fingerprint density at radius 3 is 2.83 bits per heavy atom. The van der Waals surface area contributed by atoms with E-state index in [0.29, 0.717) is 5.69 Å². The van der Waals surface area contributed by atoms with E-state index >= 15 is 0 Å². The third-order valence-corrected chi connectivity index (χ3v) is 3.22. The first-order chi connectivity index (χ1) is 8.74. The number of rotatable bonds is 3. The molecular formula is C14H16N4. The molecule has 0 saturated carbocycles. The molecule has 0 bridgehead atoms. The van der Waals surface area contributed by atoms with E-state index in [1.165, 1.54) is 16.6 Å². The molecule has 18 heavy (non-hydrogen) atoms. The third kappa shape index (κ3) is 1.86. The molecule has 0 aliphatic carbocycles. The van der Waals surface area contributed by atoms with Crippen molar-refractivity contribution in [2.45, 2.75) is 20.0 Å². The van der Waals surface area contributed by atoms with Crippen LogP contribution in [-0.4, -0.2) is 14.3 Å². The predicted molar refractivity (Wildman–Crippen MR) is 73.3 cm³/mol. The highest BCUT2D eigenvalue weighted by Gasteiger charge is 2.04. The summed E-state index contributed by atoms with van der Waals surface area (Å²) in [6.07, 6.45) is 3.54. The standard InChI is InChI=1S/C14H16N4/c1-11-8-12-4-2-3-5-14(12)18(11)7-6-17-10-13(15)9-16-17/h2-5,8-10H,6-7,15H2,1H3. The number of benzene rings is 1. The van der Waals surface area contributed by atoms with Crippen molar-refractivity contribution in [2.75, 3.05) is 5.73 Å². The van der Waals surface area contributed by atoms with Gasteiger partial charge in [-0.25, -0.2) is 0 Å². The number of fused-ring (bicyclic) bond motifs is 1. The smallest absolute Gasteiger partial charge is 0.0719 e. The van der Waals surface area contributed by atoms with E-state index in [4.69, 9.17) is 5.73 Å². The van der Waals surface area contributed by atoms with Gasteiger partial charge in [0, 0.05) is 24.0 Å². The molecule has 2 heterocycles. The lowest BCUT2D eigenvalue weighted by Crippen LogP contribution is -2.08. The largest absolute Gasteiger partial charge is 0.396 e. The predicted octanol–water partition coefficient (Wildman–Crippen LogP) is 2.43. The molecule has 3 rings (SSSR count). The molecule has 0 aliphatic rings. The maximum atomic E-state index is 5.66. The molecule has 0 aliphatic heterocycles. The minimum Gasteiger partial charge on any atom is -0.396 e. The van der Waals surface area contributed by atoms with Gasteiger partial charge in [-0.3, -0.25) is 4.68 Å². The van der Waals surface area contributed by atoms with Crippen molar-refractivity contribution in [3.63, 3.8) is 0 Å². The second kappa shape index (κ2) is 4.22. The lowest BCUT2D eigenvalue weighted by Gasteiger charge is -2.08. The van der Waals surface area contributed by atoms with Gasteiger partial charge < -0.3 is 10.3 Å². The molecule has 1 aromatic carbocycles. The maximum Gasteiger partial charge on any atom is 0.0719 e. The van der Waals surface area contributed by atoms with Crippen LogP contribution in [0.3, 0.4) is 0 Å².